The van der Waals surface area contributed by atoms with E-state index in [-0.39, 0.29) is 10.8 Å². The van der Waals surface area contributed by atoms with Crippen molar-refractivity contribution in [1.29, 1.82) is 0 Å². The average Bonchev–Trinajstić information content (AvgIpc) is 2.08. The van der Waals surface area contributed by atoms with E-state index in [0.29, 0.717) is 16.6 Å². The highest BCUT2D eigenvalue weighted by atomic mass is 16.1. The topological polar surface area (TPSA) is 17.1 Å². The Bertz CT molecular complexity index is 382. The van der Waals surface area contributed by atoms with E-state index in [1.807, 2.05) is 0 Å². The van der Waals surface area contributed by atoms with Crippen molar-refractivity contribution in [2.45, 2.75) is 73.1 Å². The molecular formula is C17H28O. The lowest BCUT2D eigenvalue weighted by Gasteiger charge is -2.65. The third kappa shape index (κ3) is 1.69. The zero-order valence-corrected chi connectivity index (χ0v) is 12.7. The van der Waals surface area contributed by atoms with E-state index in [0.717, 1.165) is 5.92 Å². The summed E-state index contributed by atoms with van der Waals surface area (Å²) >= 11 is 0. The van der Waals surface area contributed by atoms with E-state index in [9.17, 15) is 4.79 Å². The molecule has 0 saturated heterocycles. The first-order valence-electron chi connectivity index (χ1n) is 7.61. The standard InChI is InChI=1S/C17H28O/c1-14(2,3)13(18)17-8-12-6-15(4,10-17)9-16(5,7-12)11-17/h12H,6-11H2,1-5H3. The molecule has 4 fully saturated rings. The summed E-state index contributed by atoms with van der Waals surface area (Å²) in [4.78, 5) is 13.0. The number of hydrogen-bond donors (Lipinski definition) is 0. The van der Waals surface area contributed by atoms with Gasteiger partial charge in [0.05, 0.1) is 0 Å². The van der Waals surface area contributed by atoms with Crippen molar-refractivity contribution in [3.63, 3.8) is 0 Å². The van der Waals surface area contributed by atoms with Crippen LogP contribution in [0.2, 0.25) is 0 Å². The van der Waals surface area contributed by atoms with Crippen LogP contribution in [0.4, 0.5) is 0 Å². The first kappa shape index (κ1) is 12.7. The Morgan fingerprint density at radius 3 is 1.83 bits per heavy atom. The van der Waals surface area contributed by atoms with Crippen LogP contribution in [-0.4, -0.2) is 5.78 Å². The molecule has 4 aliphatic carbocycles. The molecule has 4 saturated carbocycles. The second kappa shape index (κ2) is 3.22. The third-order valence-electron chi connectivity index (χ3n) is 5.79. The van der Waals surface area contributed by atoms with Crippen LogP contribution in [0.3, 0.4) is 0 Å². The molecule has 0 aromatic heterocycles. The molecule has 0 aromatic rings. The lowest BCUT2D eigenvalue weighted by Crippen LogP contribution is -2.59. The molecule has 1 nitrogen and oxygen atoms in total. The van der Waals surface area contributed by atoms with E-state index < -0.39 is 0 Å². The number of hydrogen-bond acceptors (Lipinski definition) is 1. The molecule has 0 aromatic carbocycles. The van der Waals surface area contributed by atoms with Crippen LogP contribution in [0.1, 0.15) is 73.1 Å². The van der Waals surface area contributed by atoms with Crippen molar-refractivity contribution < 1.29 is 4.79 Å². The van der Waals surface area contributed by atoms with E-state index >= 15 is 0 Å². The highest BCUT2D eigenvalue weighted by Gasteiger charge is 2.63. The summed E-state index contributed by atoms with van der Waals surface area (Å²) in [7, 11) is 0. The highest BCUT2D eigenvalue weighted by Crippen LogP contribution is 2.70. The van der Waals surface area contributed by atoms with Crippen LogP contribution >= 0.6 is 0 Å². The van der Waals surface area contributed by atoms with Gasteiger partial charge in [0.15, 0.2) is 0 Å². The minimum Gasteiger partial charge on any atom is -0.298 e. The summed E-state index contributed by atoms with van der Waals surface area (Å²) in [6, 6.07) is 0. The normalized spacial score (nSPS) is 50.6. The fourth-order valence-electron chi connectivity index (χ4n) is 6.50. The Kier molecular flexibility index (Phi) is 2.27. The molecule has 0 radical (unpaired) electrons. The van der Waals surface area contributed by atoms with Gasteiger partial charge in [-0.25, -0.2) is 0 Å². The Labute approximate surface area is 112 Å². The monoisotopic (exact) mass is 248 g/mol. The van der Waals surface area contributed by atoms with Gasteiger partial charge in [-0.05, 0) is 55.3 Å². The maximum Gasteiger partial charge on any atom is 0.144 e. The molecule has 4 aliphatic rings. The largest absolute Gasteiger partial charge is 0.298 e. The van der Waals surface area contributed by atoms with Gasteiger partial charge in [0, 0.05) is 10.8 Å². The van der Waals surface area contributed by atoms with Gasteiger partial charge in [0.25, 0.3) is 0 Å². The van der Waals surface area contributed by atoms with Crippen molar-refractivity contribution in [2.24, 2.45) is 27.6 Å². The molecule has 2 atom stereocenters. The van der Waals surface area contributed by atoms with Crippen LogP contribution in [0, 0.1) is 27.6 Å². The Morgan fingerprint density at radius 2 is 1.44 bits per heavy atom. The molecule has 4 bridgehead atoms. The smallest absolute Gasteiger partial charge is 0.144 e. The quantitative estimate of drug-likeness (QED) is 0.663. The van der Waals surface area contributed by atoms with Crippen LogP contribution in [-0.2, 0) is 4.79 Å². The third-order valence-corrected chi connectivity index (χ3v) is 5.79. The van der Waals surface area contributed by atoms with Crippen molar-refractivity contribution >= 4 is 5.78 Å². The molecular weight excluding hydrogens is 220 g/mol. The number of Topliss-reactive ketones (excluding diaryl/α,β-unsaturated/α-hetero) is 1. The maximum absolute atomic E-state index is 13.0. The van der Waals surface area contributed by atoms with Gasteiger partial charge in [-0.3, -0.25) is 4.79 Å². The zero-order chi connectivity index (χ0) is 13.4. The van der Waals surface area contributed by atoms with Crippen LogP contribution < -0.4 is 0 Å². The summed E-state index contributed by atoms with van der Waals surface area (Å²) in [5, 5.41) is 0. The molecule has 0 amide bonds. The van der Waals surface area contributed by atoms with Crippen molar-refractivity contribution in [3.8, 4) is 0 Å². The molecule has 4 rings (SSSR count). The minimum atomic E-state index is -0.168. The van der Waals surface area contributed by atoms with E-state index in [1.165, 1.54) is 38.5 Å². The highest BCUT2D eigenvalue weighted by molar-refractivity contribution is 5.90. The summed E-state index contributed by atoms with van der Waals surface area (Å²) in [6.45, 7) is 11.2. The maximum atomic E-state index is 13.0. The predicted molar refractivity (Wildman–Crippen MR) is 74.3 cm³/mol. The van der Waals surface area contributed by atoms with Gasteiger partial charge in [0.2, 0.25) is 0 Å². The van der Waals surface area contributed by atoms with Crippen molar-refractivity contribution in [1.82, 2.24) is 0 Å². The molecule has 0 N–H and O–H groups in total. The van der Waals surface area contributed by atoms with Gasteiger partial charge in [-0.15, -0.1) is 0 Å². The number of ketones is 1. The van der Waals surface area contributed by atoms with Crippen molar-refractivity contribution in [3.05, 3.63) is 0 Å². The van der Waals surface area contributed by atoms with Gasteiger partial charge >= 0.3 is 0 Å². The summed E-state index contributed by atoms with van der Waals surface area (Å²) in [6.07, 6.45) is 7.64. The predicted octanol–water partition coefficient (Wildman–Crippen LogP) is 4.60. The van der Waals surface area contributed by atoms with Gasteiger partial charge in [0.1, 0.15) is 5.78 Å². The summed E-state index contributed by atoms with van der Waals surface area (Å²) in [5.74, 6) is 1.37. The van der Waals surface area contributed by atoms with Gasteiger partial charge < -0.3 is 0 Å². The Morgan fingerprint density at radius 1 is 0.944 bits per heavy atom. The minimum absolute atomic E-state index is 0.0289. The lowest BCUT2D eigenvalue weighted by molar-refractivity contribution is -0.174. The van der Waals surface area contributed by atoms with Gasteiger partial charge in [-0.2, -0.15) is 0 Å². The average molecular weight is 248 g/mol. The Hall–Kier alpha value is -0.330. The second-order valence-corrected chi connectivity index (χ2v) is 9.49. The zero-order valence-electron chi connectivity index (χ0n) is 12.7. The lowest BCUT2D eigenvalue weighted by atomic mass is 9.38. The molecule has 0 spiro atoms. The van der Waals surface area contributed by atoms with E-state index in [4.69, 9.17) is 0 Å². The fraction of sp³-hybridized carbons (Fsp3) is 0.941. The first-order chi connectivity index (χ1) is 8.06. The molecule has 102 valence electrons. The molecule has 0 heterocycles. The summed E-state index contributed by atoms with van der Waals surface area (Å²) < 4.78 is 0. The number of carbonyl (C=O) groups is 1. The van der Waals surface area contributed by atoms with Crippen LogP contribution in [0.5, 0.6) is 0 Å². The molecule has 1 heteroatoms. The SMILES string of the molecule is CC12CC3CC(C)(C1)CC(C(=O)C(C)(C)C)(C3)C2. The Balaban J connectivity index is 2.01. The van der Waals surface area contributed by atoms with E-state index in [1.54, 1.807) is 0 Å². The van der Waals surface area contributed by atoms with Crippen LogP contribution in [0.15, 0.2) is 0 Å². The number of rotatable bonds is 1. The second-order valence-electron chi connectivity index (χ2n) is 9.49. The first-order valence-corrected chi connectivity index (χ1v) is 7.61. The molecule has 18 heavy (non-hydrogen) atoms. The number of carbonyl (C=O) groups excluding carboxylic acids is 1. The molecule has 0 aliphatic heterocycles. The molecule has 2 unspecified atom stereocenters. The van der Waals surface area contributed by atoms with Gasteiger partial charge in [-0.1, -0.05) is 34.6 Å². The van der Waals surface area contributed by atoms with E-state index in [2.05, 4.69) is 34.6 Å². The fourth-order valence-corrected chi connectivity index (χ4v) is 6.50. The van der Waals surface area contributed by atoms with Crippen LogP contribution in [0.25, 0.3) is 0 Å². The van der Waals surface area contributed by atoms with Crippen molar-refractivity contribution in [2.75, 3.05) is 0 Å². The summed E-state index contributed by atoms with van der Waals surface area (Å²) in [5.41, 5.74) is 0.768.